The van der Waals surface area contributed by atoms with Gasteiger partial charge in [0.05, 0.1) is 13.2 Å². The second-order valence-electron chi connectivity index (χ2n) is 4.77. The van der Waals surface area contributed by atoms with Crippen molar-refractivity contribution in [3.8, 4) is 11.8 Å². The van der Waals surface area contributed by atoms with Crippen molar-refractivity contribution in [3.05, 3.63) is 24.0 Å². The Morgan fingerprint density at radius 3 is 3.05 bits per heavy atom. The number of rotatable bonds is 5. The summed E-state index contributed by atoms with van der Waals surface area (Å²) in [5.74, 6) is 5.73. The van der Waals surface area contributed by atoms with Gasteiger partial charge in [-0.05, 0) is 18.4 Å². The van der Waals surface area contributed by atoms with Gasteiger partial charge < -0.3 is 9.84 Å². The normalized spacial score (nSPS) is 18.2. The maximum absolute atomic E-state index is 12.2. The molecule has 0 aromatic carbocycles. The summed E-state index contributed by atoms with van der Waals surface area (Å²) in [6.07, 6.45) is 4.00. The lowest BCUT2D eigenvalue weighted by Gasteiger charge is -2.10. The van der Waals surface area contributed by atoms with Gasteiger partial charge in [-0.2, -0.15) is 0 Å². The van der Waals surface area contributed by atoms with Crippen LogP contribution in [0.2, 0.25) is 0 Å². The first-order valence-electron chi connectivity index (χ1n) is 6.74. The summed E-state index contributed by atoms with van der Waals surface area (Å²) in [5, 5.41) is 8.67. The predicted molar refractivity (Wildman–Crippen MR) is 76.9 cm³/mol. The largest absolute Gasteiger partial charge is 0.395 e. The molecule has 0 radical (unpaired) electrons. The third kappa shape index (κ3) is 4.79. The molecule has 0 bridgehead atoms. The maximum Gasteiger partial charge on any atom is 0.242 e. The minimum atomic E-state index is -3.59. The third-order valence-corrected chi connectivity index (χ3v) is 4.47. The number of aliphatic hydroxyl groups is 1. The van der Waals surface area contributed by atoms with Crippen molar-refractivity contribution in [1.82, 2.24) is 9.71 Å². The molecule has 1 aromatic heterocycles. The zero-order valence-corrected chi connectivity index (χ0v) is 12.4. The topological polar surface area (TPSA) is 88.5 Å². The summed E-state index contributed by atoms with van der Waals surface area (Å²) in [4.78, 5) is 4.00. The van der Waals surface area contributed by atoms with Crippen molar-refractivity contribution in [2.45, 2.75) is 17.7 Å². The molecule has 0 amide bonds. The summed E-state index contributed by atoms with van der Waals surface area (Å²) in [7, 11) is -3.59. The quantitative estimate of drug-likeness (QED) is 0.755. The average Bonchev–Trinajstić information content (AvgIpc) is 2.99. The van der Waals surface area contributed by atoms with Gasteiger partial charge in [-0.25, -0.2) is 13.1 Å². The third-order valence-electron chi connectivity index (χ3n) is 3.08. The molecule has 1 aliphatic heterocycles. The molecule has 1 unspecified atom stereocenters. The number of nitrogens with one attached hydrogen (secondary N) is 1. The molecule has 21 heavy (non-hydrogen) atoms. The lowest BCUT2D eigenvalue weighted by Crippen LogP contribution is -2.29. The molecule has 1 fully saturated rings. The second kappa shape index (κ2) is 7.52. The minimum Gasteiger partial charge on any atom is -0.395 e. The Bertz CT molecular complexity index is 628. The van der Waals surface area contributed by atoms with Crippen LogP contribution in [-0.2, 0) is 14.8 Å². The minimum absolute atomic E-state index is 0.0244. The Morgan fingerprint density at radius 1 is 1.48 bits per heavy atom. The molecular formula is C14H18N2O4S. The zero-order valence-electron chi connectivity index (χ0n) is 11.6. The highest BCUT2D eigenvalue weighted by molar-refractivity contribution is 7.89. The van der Waals surface area contributed by atoms with Crippen LogP contribution >= 0.6 is 0 Å². The molecule has 7 heteroatoms. The molecule has 1 atom stereocenters. The molecule has 0 saturated carbocycles. The SMILES string of the molecule is O=S(=O)(NCC1CCOC1)c1cncc(C#CCCO)c1. The Balaban J connectivity index is 2.05. The van der Waals surface area contributed by atoms with Crippen LogP contribution < -0.4 is 4.72 Å². The number of pyridine rings is 1. The molecular weight excluding hydrogens is 292 g/mol. The van der Waals surface area contributed by atoms with Crippen molar-refractivity contribution in [1.29, 1.82) is 0 Å². The average molecular weight is 310 g/mol. The molecule has 2 N–H and O–H groups in total. The van der Waals surface area contributed by atoms with Gasteiger partial charge in [0.15, 0.2) is 0 Å². The lowest BCUT2D eigenvalue weighted by molar-refractivity contribution is 0.186. The van der Waals surface area contributed by atoms with E-state index in [1.54, 1.807) is 0 Å². The number of sulfonamides is 1. The molecule has 1 aromatic rings. The Labute approximate surface area is 124 Å². The summed E-state index contributed by atoms with van der Waals surface area (Å²) in [6, 6.07) is 1.48. The number of ether oxygens (including phenoxy) is 1. The molecule has 2 heterocycles. The Morgan fingerprint density at radius 2 is 2.33 bits per heavy atom. The van der Waals surface area contributed by atoms with E-state index in [1.165, 1.54) is 18.5 Å². The van der Waals surface area contributed by atoms with Crippen molar-refractivity contribution in [2.24, 2.45) is 5.92 Å². The van der Waals surface area contributed by atoms with E-state index in [9.17, 15) is 8.42 Å². The van der Waals surface area contributed by atoms with Crippen LogP contribution in [0.3, 0.4) is 0 Å². The molecule has 1 aliphatic rings. The lowest BCUT2D eigenvalue weighted by atomic mass is 10.1. The van der Waals surface area contributed by atoms with Crippen LogP contribution in [0.15, 0.2) is 23.4 Å². The van der Waals surface area contributed by atoms with E-state index in [-0.39, 0.29) is 17.4 Å². The van der Waals surface area contributed by atoms with Crippen LogP contribution in [0, 0.1) is 17.8 Å². The first-order chi connectivity index (χ1) is 10.1. The fourth-order valence-electron chi connectivity index (χ4n) is 1.91. The highest BCUT2D eigenvalue weighted by atomic mass is 32.2. The molecule has 6 nitrogen and oxygen atoms in total. The van der Waals surface area contributed by atoms with Gasteiger partial charge >= 0.3 is 0 Å². The van der Waals surface area contributed by atoms with Gasteiger partial charge in [-0.3, -0.25) is 4.98 Å². The summed E-state index contributed by atoms with van der Waals surface area (Å²) < 4.78 is 32.2. The first kappa shape index (κ1) is 15.9. The van der Waals surface area contributed by atoms with E-state index in [1.807, 2.05) is 0 Å². The molecule has 1 saturated heterocycles. The van der Waals surface area contributed by atoms with Crippen LogP contribution in [0.5, 0.6) is 0 Å². The second-order valence-corrected chi connectivity index (χ2v) is 6.53. The number of aromatic nitrogens is 1. The molecule has 0 aliphatic carbocycles. The molecule has 0 spiro atoms. The van der Waals surface area contributed by atoms with Crippen LogP contribution in [0.4, 0.5) is 0 Å². The summed E-state index contributed by atoms with van der Waals surface area (Å²) >= 11 is 0. The number of aliphatic hydroxyl groups excluding tert-OH is 1. The molecule has 2 rings (SSSR count). The van der Waals surface area contributed by atoms with Gasteiger partial charge in [0, 0.05) is 37.5 Å². The Kier molecular flexibility index (Phi) is 5.70. The number of hydrogen-bond acceptors (Lipinski definition) is 5. The van der Waals surface area contributed by atoms with E-state index in [0.717, 1.165) is 6.42 Å². The standard InChI is InChI=1S/C14H18N2O4S/c17-5-2-1-3-12-7-14(10-15-8-12)21(18,19)16-9-13-4-6-20-11-13/h7-8,10,13,16-17H,2,4-6,9,11H2. The van der Waals surface area contributed by atoms with Gasteiger partial charge in [0.2, 0.25) is 10.0 Å². The number of hydrogen-bond donors (Lipinski definition) is 2. The van der Waals surface area contributed by atoms with Crippen LogP contribution in [0.25, 0.3) is 0 Å². The number of nitrogens with zero attached hydrogens (tertiary/aromatic N) is 1. The van der Waals surface area contributed by atoms with Crippen molar-refractivity contribution < 1.29 is 18.3 Å². The Hall–Kier alpha value is -1.46. The van der Waals surface area contributed by atoms with E-state index in [0.29, 0.717) is 31.7 Å². The fourth-order valence-corrected chi connectivity index (χ4v) is 3.01. The summed E-state index contributed by atoms with van der Waals surface area (Å²) in [6.45, 7) is 1.61. The monoisotopic (exact) mass is 310 g/mol. The summed E-state index contributed by atoms with van der Waals surface area (Å²) in [5.41, 5.74) is 0.510. The van der Waals surface area contributed by atoms with Gasteiger partial charge in [0.25, 0.3) is 0 Å². The zero-order chi connectivity index (χ0) is 15.1. The van der Waals surface area contributed by atoms with E-state index < -0.39 is 10.0 Å². The van der Waals surface area contributed by atoms with Crippen molar-refractivity contribution >= 4 is 10.0 Å². The first-order valence-corrected chi connectivity index (χ1v) is 8.22. The highest BCUT2D eigenvalue weighted by Gasteiger charge is 2.20. The smallest absolute Gasteiger partial charge is 0.242 e. The van der Waals surface area contributed by atoms with Crippen LogP contribution in [0.1, 0.15) is 18.4 Å². The predicted octanol–water partition coefficient (Wildman–Crippen LogP) is 0.130. The molecule has 114 valence electrons. The van der Waals surface area contributed by atoms with Crippen molar-refractivity contribution in [3.63, 3.8) is 0 Å². The van der Waals surface area contributed by atoms with Gasteiger partial charge in [-0.15, -0.1) is 0 Å². The van der Waals surface area contributed by atoms with E-state index in [2.05, 4.69) is 21.5 Å². The van der Waals surface area contributed by atoms with Gasteiger partial charge in [-0.1, -0.05) is 11.8 Å². The van der Waals surface area contributed by atoms with Gasteiger partial charge in [0.1, 0.15) is 4.90 Å². The van der Waals surface area contributed by atoms with Crippen LogP contribution in [-0.4, -0.2) is 44.9 Å². The maximum atomic E-state index is 12.2. The fraction of sp³-hybridized carbons (Fsp3) is 0.500. The van der Waals surface area contributed by atoms with E-state index >= 15 is 0 Å². The highest BCUT2D eigenvalue weighted by Crippen LogP contribution is 2.13. The van der Waals surface area contributed by atoms with Crippen molar-refractivity contribution in [2.75, 3.05) is 26.4 Å². The van der Waals surface area contributed by atoms with E-state index in [4.69, 9.17) is 9.84 Å².